The van der Waals surface area contributed by atoms with Crippen molar-refractivity contribution in [3.63, 3.8) is 0 Å². The van der Waals surface area contributed by atoms with E-state index in [1.54, 1.807) is 78.9 Å². The number of rotatable bonds is 21. The predicted octanol–water partition coefficient (Wildman–Crippen LogP) is 10.8. The molecule has 0 aliphatic rings. The van der Waals surface area contributed by atoms with Crippen LogP contribution in [0.2, 0.25) is 0 Å². The van der Waals surface area contributed by atoms with E-state index >= 15 is 0 Å². The average Bonchev–Trinajstić information content (AvgIpc) is 3.28. The van der Waals surface area contributed by atoms with Crippen molar-refractivity contribution in [2.24, 2.45) is 0 Å². The largest absolute Gasteiger partial charge is 0.573 e. The number of aromatic carboxylic acids is 2. The van der Waals surface area contributed by atoms with E-state index in [0.717, 1.165) is 54.5 Å². The number of carboxylic acid groups (broad SMARTS) is 2. The molecular weight excluding hydrogens is 898 g/mol. The van der Waals surface area contributed by atoms with Crippen molar-refractivity contribution in [2.45, 2.75) is 74.4 Å². The summed E-state index contributed by atoms with van der Waals surface area (Å²) in [6.07, 6.45) is 0.951. The van der Waals surface area contributed by atoms with Gasteiger partial charge in [-0.2, -0.15) is 0 Å². The van der Waals surface area contributed by atoms with Gasteiger partial charge in [-0.3, -0.25) is 9.44 Å². The number of carbonyl (C=O) groups is 2. The minimum Gasteiger partial charge on any atom is -0.494 e. The fourth-order valence-electron chi connectivity index (χ4n) is 6.60. The number of anilines is 2. The topological polar surface area (TPSA) is 185 Å². The maximum atomic E-state index is 12.9. The Bertz CT molecular complexity index is 2770. The van der Waals surface area contributed by atoms with Crippen LogP contribution in [0.25, 0.3) is 0 Å². The summed E-state index contributed by atoms with van der Waals surface area (Å²) < 4.78 is 104. The van der Waals surface area contributed by atoms with Gasteiger partial charge in [0.25, 0.3) is 20.0 Å². The Morgan fingerprint density at radius 3 is 1.48 bits per heavy atom. The molecule has 0 bridgehead atoms. The first kappa shape index (κ1) is 50.2. The molecule has 0 unspecified atom stereocenters. The number of ether oxygens (including phenoxy) is 2. The average molecular weight is 947 g/mol. The number of benzene rings is 6. The molecule has 0 spiro atoms. The minimum atomic E-state index is -5.04. The van der Waals surface area contributed by atoms with Gasteiger partial charge in [0.2, 0.25) is 0 Å². The SMILES string of the molecule is CCCCOc1ccc(S(=O)(=O)Nc2ccccc2CCCc2ccc(C(=O)O)cc2)cc1.O=C(O)c1ccc(CCCc2ccccc2NS(=O)(=O)c2ccccc2OC(F)(F)F)cc1. The highest BCUT2D eigenvalue weighted by Crippen LogP contribution is 2.32. The van der Waals surface area contributed by atoms with Crippen molar-refractivity contribution < 1.29 is 59.3 Å². The maximum Gasteiger partial charge on any atom is 0.573 e. The summed E-state index contributed by atoms with van der Waals surface area (Å²) in [5.74, 6) is -2.12. The summed E-state index contributed by atoms with van der Waals surface area (Å²) in [5, 5.41) is 18.0. The number of halogens is 3. The second-order valence-electron chi connectivity index (χ2n) is 14.9. The molecule has 6 aromatic carbocycles. The standard InChI is InChI=1S/C26H29NO5S.C23H20F3NO5S/c1-2-3-19-32-23-15-17-24(18-16-23)33(30,31)27-25-10-5-4-8-21(25)9-6-7-20-11-13-22(14-12-20)26(28)29;24-23(25,26)32-20-10-3-4-11-21(20)33(30,31)27-19-9-2-1-7-17(19)8-5-6-16-12-14-18(15-13-16)22(28)29/h4-5,8,10-18,27H,2-3,6-7,9,19H2,1H3,(H,28,29);1-4,7,9-15,27H,5-6,8H2,(H,28,29). The van der Waals surface area contributed by atoms with Crippen LogP contribution in [0, 0.1) is 0 Å². The second-order valence-corrected chi connectivity index (χ2v) is 18.2. The van der Waals surface area contributed by atoms with Gasteiger partial charge < -0.3 is 19.7 Å². The molecule has 0 saturated carbocycles. The van der Waals surface area contributed by atoms with Crippen LogP contribution in [0.3, 0.4) is 0 Å². The van der Waals surface area contributed by atoms with Crippen LogP contribution >= 0.6 is 0 Å². The molecule has 0 saturated heterocycles. The number of sulfonamides is 2. The molecule has 0 aliphatic heterocycles. The van der Waals surface area contributed by atoms with Gasteiger partial charge in [-0.15, -0.1) is 13.2 Å². The Hall–Kier alpha value is -6.85. The van der Waals surface area contributed by atoms with E-state index in [1.165, 1.54) is 30.3 Å². The van der Waals surface area contributed by atoms with Gasteiger partial charge in [0.15, 0.2) is 0 Å². The minimum absolute atomic E-state index is 0.179. The zero-order chi connectivity index (χ0) is 47.7. The van der Waals surface area contributed by atoms with Gasteiger partial charge in [-0.1, -0.05) is 86.1 Å². The zero-order valence-electron chi connectivity index (χ0n) is 35.8. The van der Waals surface area contributed by atoms with E-state index < -0.39 is 49.0 Å². The first-order chi connectivity index (χ1) is 31.4. The molecule has 348 valence electrons. The molecule has 0 amide bonds. The molecular formula is C49H49F3N2O10S2. The number of carboxylic acids is 2. The normalized spacial score (nSPS) is 11.5. The lowest BCUT2D eigenvalue weighted by molar-refractivity contribution is -0.275. The molecule has 6 rings (SSSR count). The van der Waals surface area contributed by atoms with Crippen LogP contribution in [0.4, 0.5) is 24.5 Å². The molecule has 4 N–H and O–H groups in total. The quantitative estimate of drug-likeness (QED) is 0.0506. The molecule has 0 radical (unpaired) electrons. The molecule has 0 atom stereocenters. The molecule has 17 heteroatoms. The Labute approximate surface area is 382 Å². The summed E-state index contributed by atoms with van der Waals surface area (Å²) in [7, 11) is -8.09. The number of unbranched alkanes of at least 4 members (excludes halogenated alkanes) is 1. The zero-order valence-corrected chi connectivity index (χ0v) is 37.5. The summed E-state index contributed by atoms with van der Waals surface area (Å²) >= 11 is 0. The first-order valence-electron chi connectivity index (χ1n) is 20.9. The molecule has 0 aliphatic carbocycles. The predicted molar refractivity (Wildman–Crippen MR) is 245 cm³/mol. The van der Waals surface area contributed by atoms with Crippen molar-refractivity contribution in [1.29, 1.82) is 0 Å². The molecule has 0 heterocycles. The fourth-order valence-corrected chi connectivity index (χ4v) is 8.94. The van der Waals surface area contributed by atoms with Crippen LogP contribution in [0.1, 0.15) is 75.6 Å². The highest BCUT2D eigenvalue weighted by Gasteiger charge is 2.34. The summed E-state index contributed by atoms with van der Waals surface area (Å²) in [5.41, 5.74) is 4.80. The third-order valence-corrected chi connectivity index (χ3v) is 12.8. The third-order valence-electron chi connectivity index (χ3n) is 10.0. The van der Waals surface area contributed by atoms with Crippen molar-refractivity contribution in [1.82, 2.24) is 0 Å². The Morgan fingerprint density at radius 2 is 1.02 bits per heavy atom. The number of aryl methyl sites for hydroxylation is 4. The second kappa shape index (κ2) is 23.4. The van der Waals surface area contributed by atoms with Crippen molar-refractivity contribution in [3.05, 3.63) is 179 Å². The van der Waals surface area contributed by atoms with E-state index in [-0.39, 0.29) is 21.7 Å². The summed E-state index contributed by atoms with van der Waals surface area (Å²) in [6, 6.07) is 38.2. The third kappa shape index (κ3) is 15.4. The van der Waals surface area contributed by atoms with Crippen LogP contribution < -0.4 is 18.9 Å². The van der Waals surface area contributed by atoms with E-state index in [1.807, 2.05) is 24.3 Å². The van der Waals surface area contributed by atoms with Crippen molar-refractivity contribution >= 4 is 43.4 Å². The van der Waals surface area contributed by atoms with Crippen molar-refractivity contribution in [2.75, 3.05) is 16.1 Å². The van der Waals surface area contributed by atoms with Gasteiger partial charge in [0.1, 0.15) is 16.4 Å². The number of hydrogen-bond acceptors (Lipinski definition) is 8. The molecule has 0 fully saturated rings. The van der Waals surface area contributed by atoms with E-state index in [4.69, 9.17) is 14.9 Å². The number of nitrogens with one attached hydrogen (secondary N) is 2. The molecule has 12 nitrogen and oxygen atoms in total. The summed E-state index contributed by atoms with van der Waals surface area (Å²) in [6.45, 7) is 2.69. The van der Waals surface area contributed by atoms with Crippen LogP contribution in [-0.4, -0.2) is 52.0 Å². The molecule has 0 aromatic heterocycles. The van der Waals surface area contributed by atoms with E-state index in [2.05, 4.69) is 21.1 Å². The van der Waals surface area contributed by atoms with Crippen LogP contribution in [0.15, 0.2) is 155 Å². The lowest BCUT2D eigenvalue weighted by atomic mass is 10.0. The number of alkyl halides is 3. The molecule has 66 heavy (non-hydrogen) atoms. The Balaban J connectivity index is 0.000000247. The number of para-hydroxylation sites is 3. The van der Waals surface area contributed by atoms with Gasteiger partial charge in [0.05, 0.1) is 34.0 Å². The lowest BCUT2D eigenvalue weighted by Gasteiger charge is -2.16. The smallest absolute Gasteiger partial charge is 0.494 e. The van der Waals surface area contributed by atoms with Gasteiger partial charge >= 0.3 is 18.3 Å². The van der Waals surface area contributed by atoms with Crippen LogP contribution in [0.5, 0.6) is 11.5 Å². The van der Waals surface area contributed by atoms with Gasteiger partial charge in [-0.05, 0) is 140 Å². The fraction of sp³-hybridized carbons (Fsp3) is 0.224. The molecule has 6 aromatic rings. The highest BCUT2D eigenvalue weighted by atomic mass is 32.2. The van der Waals surface area contributed by atoms with Crippen molar-refractivity contribution in [3.8, 4) is 11.5 Å². The highest BCUT2D eigenvalue weighted by molar-refractivity contribution is 7.93. The van der Waals surface area contributed by atoms with Gasteiger partial charge in [-0.25, -0.2) is 26.4 Å². The monoisotopic (exact) mass is 946 g/mol. The van der Waals surface area contributed by atoms with Gasteiger partial charge in [0, 0.05) is 0 Å². The first-order valence-corrected chi connectivity index (χ1v) is 23.8. The lowest BCUT2D eigenvalue weighted by Crippen LogP contribution is -2.21. The van der Waals surface area contributed by atoms with E-state index in [0.29, 0.717) is 49.3 Å². The maximum absolute atomic E-state index is 12.9. The summed E-state index contributed by atoms with van der Waals surface area (Å²) in [4.78, 5) is 21.5. The Kier molecular flexibility index (Phi) is 17.8. The Morgan fingerprint density at radius 1 is 0.561 bits per heavy atom. The van der Waals surface area contributed by atoms with E-state index in [9.17, 15) is 39.6 Å². The number of hydrogen-bond donors (Lipinski definition) is 4. The van der Waals surface area contributed by atoms with Crippen LogP contribution in [-0.2, 0) is 45.7 Å².